The van der Waals surface area contributed by atoms with Crippen LogP contribution >= 0.6 is 18.5 Å². The Labute approximate surface area is 419 Å². The highest BCUT2D eigenvalue weighted by Crippen LogP contribution is 2.53. The number of carbonyl (C=O) groups excluding carboxylic acids is 2. The molecule has 3 aromatic carbocycles. The molecular weight excluding hydrogens is 942 g/mol. The normalized spacial score (nSPS) is 17.9. The molecule has 3 amide bonds. The van der Waals surface area contributed by atoms with Gasteiger partial charge in [-0.25, -0.2) is 4.79 Å². The standard InChI is InChI=1S/C51H76N3O12PS2/c1-7-59-29-30-60-31-32-61-33-34-62-35-36-63-37-38-65-67(68,66-50(2,3)4)64-28-13-9-12-27-52-47(55)18-14-17-46-48-45(39-69-46)54(49(56)53-48)51(40-15-10-8-11-16-40,41-19-23-43(57-5)24-20-41)42-21-25-44(58-6)26-22-42/h8,10-11,15-16,19-26,45-46,48H,7,9,12-14,17-18,27-39H2,1-6H3,(H,52,55)(H,53,56). The van der Waals surface area contributed by atoms with E-state index in [1.54, 1.807) is 14.2 Å². The molecule has 5 rings (SSSR count). The molecule has 2 heterocycles. The number of hydrogen-bond acceptors (Lipinski definition) is 14. The molecule has 4 atom stereocenters. The van der Waals surface area contributed by atoms with Crippen LogP contribution in [0, 0.1) is 0 Å². The Balaban J connectivity index is 1.00. The number of hydrogen-bond donors (Lipinski definition) is 2. The van der Waals surface area contributed by atoms with E-state index in [-0.39, 0.29) is 35.9 Å². The van der Waals surface area contributed by atoms with Crippen LogP contribution in [0.25, 0.3) is 0 Å². The number of rotatable bonds is 35. The topological polar surface area (TPSA) is 154 Å². The molecule has 0 spiro atoms. The van der Waals surface area contributed by atoms with E-state index in [1.807, 2.05) is 81.9 Å². The Hall–Kier alpha value is -3.32. The van der Waals surface area contributed by atoms with E-state index in [1.165, 1.54) is 0 Å². The molecule has 384 valence electrons. The molecular formula is C51H76N3O12PS2. The first kappa shape index (κ1) is 56.6. The first-order chi connectivity index (χ1) is 33.4. The lowest BCUT2D eigenvalue weighted by atomic mass is 9.74. The average Bonchev–Trinajstić information content (AvgIpc) is 3.89. The molecule has 0 saturated carbocycles. The molecule has 0 bridgehead atoms. The maximum absolute atomic E-state index is 14.4. The molecule has 2 N–H and O–H groups in total. The minimum Gasteiger partial charge on any atom is -0.497 e. The summed E-state index contributed by atoms with van der Waals surface area (Å²) in [4.78, 5) is 29.5. The van der Waals surface area contributed by atoms with Crippen molar-refractivity contribution in [1.82, 2.24) is 15.5 Å². The predicted octanol–water partition coefficient (Wildman–Crippen LogP) is 8.51. The van der Waals surface area contributed by atoms with Gasteiger partial charge in [0, 0.05) is 30.6 Å². The molecule has 69 heavy (non-hydrogen) atoms. The number of amides is 3. The number of benzene rings is 3. The number of nitrogens with zero attached hydrogens (tertiary/aromatic N) is 1. The van der Waals surface area contributed by atoms with Crippen LogP contribution in [0.2, 0.25) is 0 Å². The van der Waals surface area contributed by atoms with E-state index in [4.69, 9.17) is 58.5 Å². The Bertz CT molecular complexity index is 1930. The third-order valence-corrected chi connectivity index (χ3v) is 15.7. The second-order valence-electron chi connectivity index (χ2n) is 17.6. The highest BCUT2D eigenvalue weighted by atomic mass is 32.5. The van der Waals surface area contributed by atoms with Gasteiger partial charge < -0.3 is 62.3 Å². The van der Waals surface area contributed by atoms with Crippen molar-refractivity contribution in [2.24, 2.45) is 0 Å². The van der Waals surface area contributed by atoms with Crippen molar-refractivity contribution in [2.45, 2.75) is 94.7 Å². The highest BCUT2D eigenvalue weighted by Gasteiger charge is 2.57. The van der Waals surface area contributed by atoms with Crippen LogP contribution < -0.4 is 20.1 Å². The first-order valence-electron chi connectivity index (χ1n) is 24.3. The van der Waals surface area contributed by atoms with Gasteiger partial charge >= 0.3 is 12.7 Å². The van der Waals surface area contributed by atoms with Gasteiger partial charge in [-0.3, -0.25) is 4.79 Å². The van der Waals surface area contributed by atoms with E-state index in [2.05, 4.69) is 51.9 Å². The number of ether oxygens (including phenoxy) is 7. The molecule has 0 radical (unpaired) electrons. The molecule has 15 nitrogen and oxygen atoms in total. The lowest BCUT2D eigenvalue weighted by Crippen LogP contribution is -2.53. The maximum atomic E-state index is 14.4. The third kappa shape index (κ3) is 17.7. The fourth-order valence-electron chi connectivity index (χ4n) is 8.41. The van der Waals surface area contributed by atoms with Crippen molar-refractivity contribution in [1.29, 1.82) is 0 Å². The fraction of sp³-hybridized carbons (Fsp3) is 0.608. The summed E-state index contributed by atoms with van der Waals surface area (Å²) in [5.74, 6) is 2.27. The van der Waals surface area contributed by atoms with Crippen LogP contribution in [0.3, 0.4) is 0 Å². The Morgan fingerprint density at radius 1 is 0.710 bits per heavy atom. The van der Waals surface area contributed by atoms with Gasteiger partial charge in [-0.15, -0.1) is 0 Å². The minimum atomic E-state index is -3.01. The average molecular weight is 1020 g/mol. The van der Waals surface area contributed by atoms with Crippen molar-refractivity contribution in [3.63, 3.8) is 0 Å². The molecule has 18 heteroatoms. The maximum Gasteiger partial charge on any atom is 0.327 e. The van der Waals surface area contributed by atoms with Crippen LogP contribution in [0.1, 0.15) is 82.9 Å². The van der Waals surface area contributed by atoms with Crippen LogP contribution in [-0.4, -0.2) is 146 Å². The first-order valence-corrected chi connectivity index (χ1v) is 27.9. The van der Waals surface area contributed by atoms with E-state index >= 15 is 0 Å². The quantitative estimate of drug-likeness (QED) is 0.0251. The number of methoxy groups -OCH3 is 2. The van der Waals surface area contributed by atoms with Gasteiger partial charge in [-0.05, 0) is 113 Å². The van der Waals surface area contributed by atoms with E-state index in [0.29, 0.717) is 85.6 Å². The number of urea groups is 1. The van der Waals surface area contributed by atoms with Crippen molar-refractivity contribution in [3.05, 3.63) is 95.6 Å². The summed E-state index contributed by atoms with van der Waals surface area (Å²) in [5, 5.41) is 6.65. The number of fused-ring (bicyclic) bond motifs is 1. The van der Waals surface area contributed by atoms with E-state index in [9.17, 15) is 9.59 Å². The molecule has 4 unspecified atom stereocenters. The third-order valence-electron chi connectivity index (χ3n) is 11.5. The molecule has 0 aromatic heterocycles. The smallest absolute Gasteiger partial charge is 0.327 e. The lowest BCUT2D eigenvalue weighted by Gasteiger charge is -2.45. The Morgan fingerprint density at radius 3 is 1.77 bits per heavy atom. The van der Waals surface area contributed by atoms with Crippen molar-refractivity contribution < 1.29 is 56.3 Å². The molecule has 2 saturated heterocycles. The fourth-order valence-corrected chi connectivity index (χ4v) is 12.6. The van der Waals surface area contributed by atoms with Gasteiger partial charge in [0.1, 0.15) is 17.0 Å². The SMILES string of the molecule is CCOCCOCCOCCOCCOCCOP(=S)(OCCCCCNC(=O)CCCC1SCC2C1NC(=O)N2C(c1ccccc1)(c1ccc(OC)cc1)c1ccc(OC)cc1)OC(C)(C)C. The largest absolute Gasteiger partial charge is 0.497 e. The van der Waals surface area contributed by atoms with E-state index < -0.39 is 17.9 Å². The van der Waals surface area contributed by atoms with Crippen molar-refractivity contribution >= 4 is 42.2 Å². The number of nitrogens with one attached hydrogen (secondary N) is 2. The minimum absolute atomic E-state index is 0.0288. The Kier molecular flexibility index (Phi) is 24.5. The summed E-state index contributed by atoms with van der Waals surface area (Å²) in [6.07, 6.45) is 4.34. The van der Waals surface area contributed by atoms with Gasteiger partial charge in [0.25, 0.3) is 0 Å². The number of carbonyl (C=O) groups is 2. The number of unbranched alkanes of at least 4 members (excludes halogenated alkanes) is 2. The summed E-state index contributed by atoms with van der Waals surface area (Å²) in [6.45, 7) is 10.9. The predicted molar refractivity (Wildman–Crippen MR) is 274 cm³/mol. The highest BCUT2D eigenvalue weighted by molar-refractivity contribution is 8.07. The van der Waals surface area contributed by atoms with Gasteiger partial charge in [-0.2, -0.15) is 11.8 Å². The van der Waals surface area contributed by atoms with Gasteiger partial charge in [0.15, 0.2) is 0 Å². The lowest BCUT2D eigenvalue weighted by molar-refractivity contribution is -0.121. The zero-order valence-electron chi connectivity index (χ0n) is 41.5. The molecule has 3 aromatic rings. The Morgan fingerprint density at radius 2 is 1.23 bits per heavy atom. The van der Waals surface area contributed by atoms with Crippen LogP contribution in [0.5, 0.6) is 11.5 Å². The molecule has 0 aliphatic carbocycles. The molecule has 2 fully saturated rings. The van der Waals surface area contributed by atoms with Crippen molar-refractivity contribution in [2.75, 3.05) is 106 Å². The van der Waals surface area contributed by atoms with Crippen LogP contribution in [-0.2, 0) is 59.4 Å². The zero-order valence-corrected chi connectivity index (χ0v) is 44.0. The van der Waals surface area contributed by atoms with Crippen molar-refractivity contribution in [3.8, 4) is 11.5 Å². The molecule has 2 aliphatic heterocycles. The monoisotopic (exact) mass is 1020 g/mol. The second kappa shape index (κ2) is 29.9. The van der Waals surface area contributed by atoms with Gasteiger partial charge in [-0.1, -0.05) is 54.6 Å². The summed E-state index contributed by atoms with van der Waals surface area (Å²) in [6, 6.07) is 25.9. The van der Waals surface area contributed by atoms with Gasteiger partial charge in [0.05, 0.1) is 105 Å². The second-order valence-corrected chi connectivity index (χ2v) is 21.8. The van der Waals surface area contributed by atoms with Crippen LogP contribution in [0.15, 0.2) is 78.9 Å². The summed E-state index contributed by atoms with van der Waals surface area (Å²) in [5.41, 5.74) is 1.40. The van der Waals surface area contributed by atoms with Gasteiger partial charge in [0.2, 0.25) is 5.91 Å². The summed E-state index contributed by atoms with van der Waals surface area (Å²) in [7, 11) is 3.30. The van der Waals surface area contributed by atoms with E-state index in [0.717, 1.165) is 66.0 Å². The summed E-state index contributed by atoms with van der Waals surface area (Å²) >= 11 is 7.62. The zero-order chi connectivity index (χ0) is 49.4. The molecule has 2 aliphatic rings. The summed E-state index contributed by atoms with van der Waals surface area (Å²) < 4.78 is 56.5. The van der Waals surface area contributed by atoms with Crippen LogP contribution in [0.4, 0.5) is 4.79 Å². The number of thioether (sulfide) groups is 1.